The SMILES string of the molecule is COc1ccc(CN2CCOc3ccccc3C2)cc1. The smallest absolute Gasteiger partial charge is 0.123 e. The monoisotopic (exact) mass is 269 g/mol. The maximum Gasteiger partial charge on any atom is 0.123 e. The first-order chi connectivity index (χ1) is 9.85. The molecule has 0 amide bonds. The number of rotatable bonds is 3. The molecule has 1 heterocycles. The molecule has 104 valence electrons. The Kier molecular flexibility index (Phi) is 3.88. The molecule has 20 heavy (non-hydrogen) atoms. The number of hydrogen-bond acceptors (Lipinski definition) is 3. The molecule has 0 bridgehead atoms. The second-order valence-electron chi connectivity index (χ2n) is 5.01. The Labute approximate surface area is 119 Å². The van der Waals surface area contributed by atoms with Crippen molar-refractivity contribution in [3.05, 3.63) is 59.7 Å². The van der Waals surface area contributed by atoms with E-state index in [9.17, 15) is 0 Å². The molecule has 0 unspecified atom stereocenters. The van der Waals surface area contributed by atoms with Crippen molar-refractivity contribution in [3.8, 4) is 11.5 Å². The lowest BCUT2D eigenvalue weighted by atomic mass is 10.1. The highest BCUT2D eigenvalue weighted by atomic mass is 16.5. The van der Waals surface area contributed by atoms with E-state index < -0.39 is 0 Å². The molecule has 0 fully saturated rings. The van der Waals surface area contributed by atoms with E-state index in [1.165, 1.54) is 11.1 Å². The minimum absolute atomic E-state index is 0.743. The summed E-state index contributed by atoms with van der Waals surface area (Å²) in [5, 5.41) is 0. The zero-order valence-corrected chi connectivity index (χ0v) is 11.7. The molecule has 1 aliphatic rings. The molecule has 0 aliphatic carbocycles. The van der Waals surface area contributed by atoms with Gasteiger partial charge in [0.1, 0.15) is 18.1 Å². The first-order valence-electron chi connectivity index (χ1n) is 6.91. The van der Waals surface area contributed by atoms with Crippen LogP contribution in [-0.2, 0) is 13.1 Å². The van der Waals surface area contributed by atoms with Gasteiger partial charge >= 0.3 is 0 Å². The van der Waals surface area contributed by atoms with Crippen LogP contribution in [0.3, 0.4) is 0 Å². The van der Waals surface area contributed by atoms with Gasteiger partial charge in [-0.25, -0.2) is 0 Å². The van der Waals surface area contributed by atoms with Gasteiger partial charge in [-0.05, 0) is 23.8 Å². The lowest BCUT2D eigenvalue weighted by Gasteiger charge is -2.19. The summed E-state index contributed by atoms with van der Waals surface area (Å²) in [5.41, 5.74) is 2.56. The highest BCUT2D eigenvalue weighted by Gasteiger charge is 2.14. The van der Waals surface area contributed by atoms with Crippen molar-refractivity contribution < 1.29 is 9.47 Å². The maximum absolute atomic E-state index is 5.79. The zero-order valence-electron chi connectivity index (χ0n) is 11.7. The van der Waals surface area contributed by atoms with Crippen molar-refractivity contribution in [2.75, 3.05) is 20.3 Å². The van der Waals surface area contributed by atoms with Gasteiger partial charge in [-0.2, -0.15) is 0 Å². The van der Waals surface area contributed by atoms with Gasteiger partial charge in [0.25, 0.3) is 0 Å². The zero-order chi connectivity index (χ0) is 13.8. The molecular formula is C17H19NO2. The van der Waals surface area contributed by atoms with Crippen LogP contribution in [0, 0.1) is 0 Å². The number of benzene rings is 2. The molecule has 0 saturated carbocycles. The van der Waals surface area contributed by atoms with Crippen LogP contribution in [0.1, 0.15) is 11.1 Å². The molecule has 2 aromatic rings. The second kappa shape index (κ2) is 5.97. The molecule has 3 heteroatoms. The average Bonchev–Trinajstić information content (AvgIpc) is 2.69. The van der Waals surface area contributed by atoms with Crippen LogP contribution in [0.4, 0.5) is 0 Å². The molecule has 0 N–H and O–H groups in total. The van der Waals surface area contributed by atoms with E-state index in [0.29, 0.717) is 0 Å². The number of para-hydroxylation sites is 1. The van der Waals surface area contributed by atoms with Crippen LogP contribution >= 0.6 is 0 Å². The molecule has 0 radical (unpaired) electrons. The summed E-state index contributed by atoms with van der Waals surface area (Å²) in [7, 11) is 1.69. The van der Waals surface area contributed by atoms with Gasteiger partial charge in [0.2, 0.25) is 0 Å². The number of fused-ring (bicyclic) bond motifs is 1. The summed E-state index contributed by atoms with van der Waals surface area (Å²) in [4.78, 5) is 2.41. The predicted molar refractivity (Wildman–Crippen MR) is 79.0 cm³/mol. The van der Waals surface area contributed by atoms with E-state index in [1.54, 1.807) is 7.11 Å². The first kappa shape index (κ1) is 13.0. The van der Waals surface area contributed by atoms with Crippen LogP contribution in [-0.4, -0.2) is 25.2 Å². The van der Waals surface area contributed by atoms with Gasteiger partial charge < -0.3 is 9.47 Å². The Balaban J connectivity index is 1.71. The average molecular weight is 269 g/mol. The molecule has 0 saturated heterocycles. The van der Waals surface area contributed by atoms with Crippen LogP contribution in [0.5, 0.6) is 11.5 Å². The third kappa shape index (κ3) is 2.94. The largest absolute Gasteiger partial charge is 0.497 e. The minimum Gasteiger partial charge on any atom is -0.497 e. The van der Waals surface area contributed by atoms with Crippen molar-refractivity contribution in [1.82, 2.24) is 4.90 Å². The third-order valence-electron chi connectivity index (χ3n) is 3.60. The number of ether oxygens (including phenoxy) is 2. The Morgan fingerprint density at radius 1 is 1.10 bits per heavy atom. The van der Waals surface area contributed by atoms with E-state index in [4.69, 9.17) is 9.47 Å². The summed E-state index contributed by atoms with van der Waals surface area (Å²) in [6.45, 7) is 3.55. The van der Waals surface area contributed by atoms with Crippen molar-refractivity contribution in [1.29, 1.82) is 0 Å². The normalized spacial score (nSPS) is 15.1. The van der Waals surface area contributed by atoms with Crippen molar-refractivity contribution >= 4 is 0 Å². The van der Waals surface area contributed by atoms with Crippen LogP contribution < -0.4 is 9.47 Å². The van der Waals surface area contributed by atoms with Gasteiger partial charge in [-0.3, -0.25) is 4.90 Å². The van der Waals surface area contributed by atoms with E-state index in [1.807, 2.05) is 24.3 Å². The summed E-state index contributed by atoms with van der Waals surface area (Å²) in [6, 6.07) is 16.5. The van der Waals surface area contributed by atoms with E-state index in [0.717, 1.165) is 37.7 Å². The van der Waals surface area contributed by atoms with Crippen LogP contribution in [0.25, 0.3) is 0 Å². The van der Waals surface area contributed by atoms with Gasteiger partial charge in [0.05, 0.1) is 7.11 Å². The fourth-order valence-electron chi connectivity index (χ4n) is 2.50. The molecule has 3 nitrogen and oxygen atoms in total. The molecular weight excluding hydrogens is 250 g/mol. The fourth-order valence-corrected chi connectivity index (χ4v) is 2.50. The van der Waals surface area contributed by atoms with E-state index >= 15 is 0 Å². The Hall–Kier alpha value is -2.00. The van der Waals surface area contributed by atoms with Crippen LogP contribution in [0.2, 0.25) is 0 Å². The van der Waals surface area contributed by atoms with Gasteiger partial charge in [0.15, 0.2) is 0 Å². The molecule has 0 aromatic heterocycles. The highest BCUT2D eigenvalue weighted by Crippen LogP contribution is 2.23. The van der Waals surface area contributed by atoms with Gasteiger partial charge in [-0.1, -0.05) is 30.3 Å². The molecule has 0 spiro atoms. The third-order valence-corrected chi connectivity index (χ3v) is 3.60. The Morgan fingerprint density at radius 2 is 1.90 bits per heavy atom. The molecule has 0 atom stereocenters. The summed E-state index contributed by atoms with van der Waals surface area (Å²) in [5.74, 6) is 1.92. The summed E-state index contributed by atoms with van der Waals surface area (Å²) >= 11 is 0. The van der Waals surface area contributed by atoms with Crippen molar-refractivity contribution in [3.63, 3.8) is 0 Å². The Morgan fingerprint density at radius 3 is 2.70 bits per heavy atom. The molecule has 2 aromatic carbocycles. The topological polar surface area (TPSA) is 21.7 Å². The van der Waals surface area contributed by atoms with Crippen LogP contribution in [0.15, 0.2) is 48.5 Å². The van der Waals surface area contributed by atoms with Crippen molar-refractivity contribution in [2.24, 2.45) is 0 Å². The molecule has 1 aliphatic heterocycles. The maximum atomic E-state index is 5.79. The first-order valence-corrected chi connectivity index (χ1v) is 6.91. The number of nitrogens with zero attached hydrogens (tertiary/aromatic N) is 1. The van der Waals surface area contributed by atoms with Gasteiger partial charge in [0, 0.05) is 25.2 Å². The Bertz CT molecular complexity index is 565. The van der Waals surface area contributed by atoms with E-state index in [2.05, 4.69) is 29.2 Å². The predicted octanol–water partition coefficient (Wildman–Crippen LogP) is 3.09. The minimum atomic E-state index is 0.743. The highest BCUT2D eigenvalue weighted by molar-refractivity contribution is 5.34. The van der Waals surface area contributed by atoms with Gasteiger partial charge in [-0.15, -0.1) is 0 Å². The summed E-state index contributed by atoms with van der Waals surface area (Å²) in [6.07, 6.45) is 0. The quantitative estimate of drug-likeness (QED) is 0.854. The summed E-state index contributed by atoms with van der Waals surface area (Å²) < 4.78 is 11.0. The number of methoxy groups -OCH3 is 1. The van der Waals surface area contributed by atoms with E-state index in [-0.39, 0.29) is 0 Å². The lowest BCUT2D eigenvalue weighted by Crippen LogP contribution is -2.25. The molecule has 3 rings (SSSR count). The van der Waals surface area contributed by atoms with Crippen molar-refractivity contribution in [2.45, 2.75) is 13.1 Å². The fraction of sp³-hybridized carbons (Fsp3) is 0.294. The number of hydrogen-bond donors (Lipinski definition) is 0. The second-order valence-corrected chi connectivity index (χ2v) is 5.01. The standard InChI is InChI=1S/C17H19NO2/c1-19-16-8-6-14(7-9-16)12-18-10-11-20-17-5-3-2-4-15(17)13-18/h2-9H,10-13H2,1H3. The lowest BCUT2D eigenvalue weighted by molar-refractivity contribution is 0.219.